The molecule has 1 saturated carbocycles. The molecule has 128 valence electrons. The monoisotopic (exact) mass is 412 g/mol. The van der Waals surface area contributed by atoms with E-state index in [9.17, 15) is 13.2 Å². The smallest absolute Gasteiger partial charge is 0.405 e. The van der Waals surface area contributed by atoms with Crippen molar-refractivity contribution < 1.29 is 40.6 Å². The zero-order valence-corrected chi connectivity index (χ0v) is 14.8. The van der Waals surface area contributed by atoms with Crippen molar-refractivity contribution in [1.82, 2.24) is 0 Å². The first-order valence-electron chi connectivity index (χ1n) is 7.13. The van der Waals surface area contributed by atoms with Gasteiger partial charge in [0.25, 0.3) is 0 Å². The summed E-state index contributed by atoms with van der Waals surface area (Å²) < 4.78 is 66.3. The van der Waals surface area contributed by atoms with Gasteiger partial charge in [0.1, 0.15) is 0 Å². The Hall–Kier alpha value is -0.670. The first kappa shape index (κ1) is 18.7. The van der Waals surface area contributed by atoms with E-state index in [1.54, 1.807) is 12.1 Å². The van der Waals surface area contributed by atoms with Gasteiger partial charge in [0, 0.05) is 17.4 Å². The molecule has 1 atom stereocenters. The molecule has 1 aliphatic carbocycles. The van der Waals surface area contributed by atoms with E-state index in [1.165, 1.54) is 0 Å². The van der Waals surface area contributed by atoms with Crippen LogP contribution >= 0.6 is 10.5 Å². The number of alkyl halides is 3. The summed E-state index contributed by atoms with van der Waals surface area (Å²) >= 11 is -3.65. The molecule has 1 aromatic carbocycles. The summed E-state index contributed by atoms with van der Waals surface area (Å²) in [6.45, 7) is 2.00. The van der Waals surface area contributed by atoms with E-state index < -0.39 is 30.8 Å². The molecule has 0 spiro atoms. The van der Waals surface area contributed by atoms with Crippen LogP contribution in [0.5, 0.6) is 0 Å². The highest BCUT2D eigenvalue weighted by Gasteiger charge is 2.50. The molecule has 0 amide bonds. The third kappa shape index (κ3) is 4.24. The van der Waals surface area contributed by atoms with Crippen molar-refractivity contribution in [3.8, 4) is 0 Å². The zero-order chi connectivity index (χ0) is 17.2. The minimum absolute atomic E-state index is 0.155. The van der Waals surface area contributed by atoms with E-state index in [4.69, 9.17) is 12.6 Å². The molecule has 1 aromatic heterocycles. The van der Waals surface area contributed by atoms with Crippen LogP contribution in [0.25, 0.3) is 10.1 Å². The summed E-state index contributed by atoms with van der Waals surface area (Å²) in [5.74, 6) is 0.155. The maximum absolute atomic E-state index is 13.4. The Morgan fingerprint density at radius 3 is 2.26 bits per heavy atom. The fourth-order valence-corrected chi connectivity index (χ4v) is 5.00. The molecule has 0 radical (unpaired) electrons. The maximum atomic E-state index is 13.4. The minimum atomic E-state index is -4.14. The number of halogens is 4. The van der Waals surface area contributed by atoms with Crippen LogP contribution in [0.15, 0.2) is 24.3 Å². The predicted octanol–water partition coefficient (Wildman–Crippen LogP) is 2.33. The molecule has 0 bridgehead atoms. The van der Waals surface area contributed by atoms with Gasteiger partial charge in [-0.15, -0.1) is 13.2 Å². The highest BCUT2D eigenvalue weighted by Crippen LogP contribution is 2.56. The molecule has 3 rings (SSSR count). The van der Waals surface area contributed by atoms with Gasteiger partial charge in [-0.25, -0.2) is 0 Å². The third-order valence-electron chi connectivity index (χ3n) is 4.02. The summed E-state index contributed by atoms with van der Waals surface area (Å²) in [4.78, 5) is 0.634. The second kappa shape index (κ2) is 7.48. The van der Waals surface area contributed by atoms with E-state index in [0.29, 0.717) is 9.58 Å². The van der Waals surface area contributed by atoms with Gasteiger partial charge in [0.2, 0.25) is 14.8 Å². The second-order valence-corrected chi connectivity index (χ2v) is 8.08. The van der Waals surface area contributed by atoms with Crippen LogP contribution in [0.2, 0.25) is 0 Å². The van der Waals surface area contributed by atoms with Crippen molar-refractivity contribution >= 4 is 20.6 Å². The van der Waals surface area contributed by atoms with Gasteiger partial charge < -0.3 is 12.6 Å². The van der Waals surface area contributed by atoms with E-state index in [1.807, 2.05) is 19.1 Å². The summed E-state index contributed by atoms with van der Waals surface area (Å²) in [6, 6.07) is 7.21. The molecular weight excluding hydrogens is 397 g/mol. The largest absolute Gasteiger partial charge is 0.600 e. The summed E-state index contributed by atoms with van der Waals surface area (Å²) in [5.41, 5.74) is -3.10. The Kier molecular flexibility index (Phi) is 6.07. The third-order valence-corrected chi connectivity index (χ3v) is 6.20. The Morgan fingerprint density at radius 1 is 1.22 bits per heavy atom. The van der Waals surface area contributed by atoms with Crippen molar-refractivity contribution in [3.05, 3.63) is 34.7 Å². The highest BCUT2D eigenvalue weighted by atomic mass is 80.0. The quantitative estimate of drug-likeness (QED) is 0.710. The van der Waals surface area contributed by atoms with Gasteiger partial charge in [0.05, 0.1) is 10.5 Å². The second-order valence-electron chi connectivity index (χ2n) is 5.30. The fourth-order valence-electron chi connectivity index (χ4n) is 2.80. The molecule has 2 aromatic rings. The molecule has 23 heavy (non-hydrogen) atoms. The van der Waals surface area contributed by atoms with Crippen molar-refractivity contribution in [1.29, 1.82) is 0 Å². The van der Waals surface area contributed by atoms with Gasteiger partial charge >= 0.3 is 5.51 Å². The van der Waals surface area contributed by atoms with Gasteiger partial charge in [-0.2, -0.15) is 0 Å². The first-order chi connectivity index (χ1) is 10.8. The van der Waals surface area contributed by atoms with Gasteiger partial charge in [-0.1, -0.05) is 25.5 Å². The lowest BCUT2D eigenvalue weighted by molar-refractivity contribution is -1.73. The molecular formula is C15H16BrF3O3S. The van der Waals surface area contributed by atoms with Crippen LogP contribution in [0.4, 0.5) is 13.2 Å². The number of fused-ring (bicyclic) bond motifs is 1. The minimum Gasteiger partial charge on any atom is -0.405 e. The standard InChI is InChI=1S/C15H16F3S.BrO3/c1-2-10-5-4-8-13-12(10)9-14(11-6-3-7-11)19(13)15(16,17)18;2-1(3)4/h4-5,8-9,11H,2-3,6-7H2,1H3;/q+1;-1. The first-order valence-corrected chi connectivity index (χ1v) is 10.3. The summed E-state index contributed by atoms with van der Waals surface area (Å²) in [6.07, 6.45) is 3.68. The van der Waals surface area contributed by atoms with Crippen molar-refractivity contribution in [3.63, 3.8) is 0 Å². The van der Waals surface area contributed by atoms with Crippen molar-refractivity contribution in [2.75, 3.05) is 0 Å². The molecule has 1 heterocycles. The van der Waals surface area contributed by atoms with Crippen LogP contribution in [0.3, 0.4) is 0 Å². The summed E-state index contributed by atoms with van der Waals surface area (Å²) in [5, 5.41) is 0.840. The van der Waals surface area contributed by atoms with Crippen molar-refractivity contribution in [2.45, 2.75) is 44.0 Å². The lowest BCUT2D eigenvalue weighted by Crippen LogP contribution is -2.42. The van der Waals surface area contributed by atoms with E-state index in [-0.39, 0.29) is 5.92 Å². The van der Waals surface area contributed by atoms with Crippen LogP contribution in [0, 0.1) is 14.8 Å². The Balaban J connectivity index is 0.000000433. The number of hydrogen-bond donors (Lipinski definition) is 0. The highest BCUT2D eigenvalue weighted by molar-refractivity contribution is 7.38. The Labute approximate surface area is 140 Å². The number of thiophene rings is 1. The average Bonchev–Trinajstić information content (AvgIpc) is 2.73. The predicted molar refractivity (Wildman–Crippen MR) is 73.7 cm³/mol. The summed E-state index contributed by atoms with van der Waals surface area (Å²) in [7, 11) is -1.69. The lowest BCUT2D eigenvalue weighted by Gasteiger charge is -2.21. The number of hydrogen-bond acceptors (Lipinski definition) is 3. The van der Waals surface area contributed by atoms with Crippen LogP contribution in [-0.2, 0) is 11.9 Å². The fraction of sp³-hybridized carbons (Fsp3) is 0.467. The SMILES string of the molecule is CCc1cccc2c1cc(C1CCC1)[s+]2C(F)(F)F.[O-][Br+2]([O-])[O-]. The number of aryl methyl sites for hydroxylation is 1. The molecule has 1 unspecified atom stereocenters. The molecule has 1 fully saturated rings. The van der Waals surface area contributed by atoms with Gasteiger partial charge in [-0.3, -0.25) is 0 Å². The molecule has 8 heteroatoms. The van der Waals surface area contributed by atoms with Crippen LogP contribution in [-0.4, -0.2) is 0 Å². The van der Waals surface area contributed by atoms with E-state index in [2.05, 4.69) is 0 Å². The van der Waals surface area contributed by atoms with Gasteiger partial charge in [-0.05, 0) is 30.9 Å². The molecule has 0 saturated heterocycles. The van der Waals surface area contributed by atoms with E-state index >= 15 is 0 Å². The van der Waals surface area contributed by atoms with Crippen LogP contribution < -0.4 is 12.6 Å². The topological polar surface area (TPSA) is 69.2 Å². The number of rotatable bonds is 2. The molecule has 3 nitrogen and oxygen atoms in total. The van der Waals surface area contributed by atoms with Crippen LogP contribution in [0.1, 0.15) is 42.5 Å². The maximum Gasteiger partial charge on any atom is 0.600 e. The van der Waals surface area contributed by atoms with E-state index in [0.717, 1.165) is 36.6 Å². The molecule has 0 N–H and O–H groups in total. The van der Waals surface area contributed by atoms with Gasteiger partial charge in [0.15, 0.2) is 9.58 Å². The van der Waals surface area contributed by atoms with Crippen molar-refractivity contribution in [2.24, 2.45) is 0 Å². The lowest BCUT2D eigenvalue weighted by atomic mass is 9.84. The Bertz CT molecular complexity index is 663. The molecule has 0 aliphatic heterocycles. The normalized spacial score (nSPS) is 16.3. The average molecular weight is 413 g/mol. The Morgan fingerprint density at radius 2 is 1.83 bits per heavy atom. The zero-order valence-electron chi connectivity index (χ0n) is 12.4. The molecule has 1 aliphatic rings. The number of benzene rings is 1.